The predicted octanol–water partition coefficient (Wildman–Crippen LogP) is 3.31. The van der Waals surface area contributed by atoms with Gasteiger partial charge in [0, 0.05) is 18.2 Å². The Bertz CT molecular complexity index is 746. The minimum Gasteiger partial charge on any atom is -0.507 e. The van der Waals surface area contributed by atoms with E-state index in [9.17, 15) is 13.5 Å². The first-order valence-corrected chi connectivity index (χ1v) is 8.67. The molecule has 0 atom stereocenters. The first-order chi connectivity index (χ1) is 9.70. The first kappa shape index (κ1) is 15.6. The summed E-state index contributed by atoms with van der Waals surface area (Å²) in [5, 5.41) is 10.3. The molecule has 2 aromatic carbocycles. The van der Waals surface area contributed by atoms with Gasteiger partial charge in [-0.05, 0) is 55.2 Å². The topological polar surface area (TPSA) is 54.4 Å². The monoisotopic (exact) mass is 304 g/mol. The van der Waals surface area contributed by atoms with Crippen LogP contribution in [0.5, 0.6) is 5.75 Å². The van der Waals surface area contributed by atoms with Crippen molar-refractivity contribution in [1.82, 2.24) is 0 Å². The fourth-order valence-corrected chi connectivity index (χ4v) is 3.06. The molecule has 0 bridgehead atoms. The normalized spacial score (nSPS) is 11.6. The summed E-state index contributed by atoms with van der Waals surface area (Å²) in [7, 11) is -3.17. The van der Waals surface area contributed by atoms with Crippen LogP contribution in [-0.2, 0) is 16.3 Å². The zero-order valence-electron chi connectivity index (χ0n) is 12.8. The molecule has 3 nitrogen and oxygen atoms in total. The molecule has 0 saturated carbocycles. The molecule has 0 heterocycles. The Hall–Kier alpha value is -1.81. The lowest BCUT2D eigenvalue weighted by Gasteiger charge is -2.14. The smallest absolute Gasteiger partial charge is 0.175 e. The van der Waals surface area contributed by atoms with Gasteiger partial charge in [0.1, 0.15) is 5.75 Å². The maximum Gasteiger partial charge on any atom is 0.175 e. The van der Waals surface area contributed by atoms with Crippen molar-refractivity contribution >= 4 is 9.84 Å². The van der Waals surface area contributed by atoms with Crippen LogP contribution in [0.3, 0.4) is 0 Å². The Morgan fingerprint density at radius 1 is 1.00 bits per heavy atom. The highest BCUT2D eigenvalue weighted by atomic mass is 32.2. The van der Waals surface area contributed by atoms with Crippen molar-refractivity contribution in [2.45, 2.75) is 32.1 Å². The van der Waals surface area contributed by atoms with Crippen LogP contribution in [0.4, 0.5) is 0 Å². The quantitative estimate of drug-likeness (QED) is 0.946. The van der Waals surface area contributed by atoms with E-state index >= 15 is 0 Å². The standard InChI is InChI=1S/C17H20O3S/c1-11-9-12(2)17(18)16(13(11)3)10-14-5-7-15(8-6-14)21(4,19)20/h5-9,18H,10H2,1-4H3. The van der Waals surface area contributed by atoms with Crippen molar-refractivity contribution in [3.05, 3.63) is 58.1 Å². The minimum atomic E-state index is -3.17. The Labute approximate surface area is 126 Å². The molecule has 0 saturated heterocycles. The summed E-state index contributed by atoms with van der Waals surface area (Å²) in [4.78, 5) is 0.313. The van der Waals surface area contributed by atoms with Gasteiger partial charge in [-0.2, -0.15) is 0 Å². The number of aromatic hydroxyl groups is 1. The summed E-state index contributed by atoms with van der Waals surface area (Å²) >= 11 is 0. The van der Waals surface area contributed by atoms with Crippen LogP contribution in [0.25, 0.3) is 0 Å². The fourth-order valence-electron chi connectivity index (χ4n) is 2.43. The SMILES string of the molecule is Cc1cc(C)c(O)c(Cc2ccc(S(C)(=O)=O)cc2)c1C. The van der Waals surface area contributed by atoms with Crippen molar-refractivity contribution in [2.75, 3.05) is 6.26 Å². The van der Waals surface area contributed by atoms with Gasteiger partial charge in [-0.25, -0.2) is 8.42 Å². The van der Waals surface area contributed by atoms with E-state index in [1.807, 2.05) is 26.8 Å². The molecule has 0 amide bonds. The lowest BCUT2D eigenvalue weighted by molar-refractivity contribution is 0.464. The van der Waals surface area contributed by atoms with Crippen molar-refractivity contribution in [2.24, 2.45) is 0 Å². The maximum absolute atomic E-state index is 11.5. The van der Waals surface area contributed by atoms with Gasteiger partial charge in [-0.1, -0.05) is 18.2 Å². The molecule has 1 N–H and O–H groups in total. The van der Waals surface area contributed by atoms with Crippen molar-refractivity contribution in [1.29, 1.82) is 0 Å². The van der Waals surface area contributed by atoms with Gasteiger partial charge in [0.25, 0.3) is 0 Å². The zero-order valence-corrected chi connectivity index (χ0v) is 13.6. The molecule has 112 valence electrons. The molecular weight excluding hydrogens is 284 g/mol. The van der Waals surface area contributed by atoms with Gasteiger partial charge in [-0.15, -0.1) is 0 Å². The second kappa shape index (κ2) is 5.53. The van der Waals surface area contributed by atoms with E-state index in [2.05, 4.69) is 0 Å². The second-order valence-electron chi connectivity index (χ2n) is 5.56. The van der Waals surface area contributed by atoms with Gasteiger partial charge in [0.05, 0.1) is 4.90 Å². The van der Waals surface area contributed by atoms with Crippen molar-refractivity contribution in [3.63, 3.8) is 0 Å². The summed E-state index contributed by atoms with van der Waals surface area (Å²) in [6.45, 7) is 5.91. The summed E-state index contributed by atoms with van der Waals surface area (Å²) < 4.78 is 22.9. The van der Waals surface area contributed by atoms with Crippen LogP contribution in [-0.4, -0.2) is 19.8 Å². The lowest BCUT2D eigenvalue weighted by Crippen LogP contribution is -1.99. The molecule has 2 aromatic rings. The van der Waals surface area contributed by atoms with E-state index in [1.54, 1.807) is 24.3 Å². The molecule has 2 rings (SSSR count). The van der Waals surface area contributed by atoms with Gasteiger partial charge in [0.2, 0.25) is 0 Å². The van der Waals surface area contributed by atoms with E-state index in [-0.39, 0.29) is 0 Å². The van der Waals surface area contributed by atoms with Crippen LogP contribution in [0.15, 0.2) is 35.2 Å². The number of benzene rings is 2. The summed E-state index contributed by atoms with van der Waals surface area (Å²) in [5.41, 5.74) is 4.96. The van der Waals surface area contributed by atoms with Crippen LogP contribution in [0, 0.1) is 20.8 Å². The Kier molecular flexibility index (Phi) is 4.10. The number of hydrogen-bond donors (Lipinski definition) is 1. The number of sulfone groups is 1. The first-order valence-electron chi connectivity index (χ1n) is 6.78. The molecule has 0 unspecified atom stereocenters. The lowest BCUT2D eigenvalue weighted by atomic mass is 9.94. The van der Waals surface area contributed by atoms with Gasteiger partial charge < -0.3 is 5.11 Å². The number of hydrogen-bond acceptors (Lipinski definition) is 3. The molecule has 0 aliphatic carbocycles. The maximum atomic E-state index is 11.5. The Balaban J connectivity index is 2.40. The Morgan fingerprint density at radius 3 is 2.10 bits per heavy atom. The number of phenolic OH excluding ortho intramolecular Hbond substituents is 1. The predicted molar refractivity (Wildman–Crippen MR) is 84.7 cm³/mol. The average molecular weight is 304 g/mol. The second-order valence-corrected chi connectivity index (χ2v) is 7.57. The molecular formula is C17H20O3S. The third-order valence-electron chi connectivity index (χ3n) is 3.87. The molecule has 0 fully saturated rings. The van der Waals surface area contributed by atoms with E-state index in [0.717, 1.165) is 27.8 Å². The number of aryl methyl sites for hydroxylation is 2. The van der Waals surface area contributed by atoms with Crippen LogP contribution >= 0.6 is 0 Å². The van der Waals surface area contributed by atoms with E-state index < -0.39 is 9.84 Å². The minimum absolute atomic E-state index is 0.313. The summed E-state index contributed by atoms with van der Waals surface area (Å²) in [6, 6.07) is 8.79. The highest BCUT2D eigenvalue weighted by Crippen LogP contribution is 2.30. The highest BCUT2D eigenvalue weighted by molar-refractivity contribution is 7.90. The molecule has 0 aliphatic rings. The van der Waals surface area contributed by atoms with E-state index in [1.165, 1.54) is 6.26 Å². The van der Waals surface area contributed by atoms with Crippen LogP contribution in [0.1, 0.15) is 27.8 Å². The van der Waals surface area contributed by atoms with E-state index in [0.29, 0.717) is 17.1 Å². The van der Waals surface area contributed by atoms with Gasteiger partial charge >= 0.3 is 0 Å². The van der Waals surface area contributed by atoms with Crippen LogP contribution < -0.4 is 0 Å². The molecule has 0 aromatic heterocycles. The van der Waals surface area contributed by atoms with Crippen molar-refractivity contribution < 1.29 is 13.5 Å². The van der Waals surface area contributed by atoms with Gasteiger partial charge in [-0.3, -0.25) is 0 Å². The third kappa shape index (κ3) is 3.27. The number of phenols is 1. The van der Waals surface area contributed by atoms with E-state index in [4.69, 9.17) is 0 Å². The molecule has 4 heteroatoms. The molecule has 0 radical (unpaired) electrons. The average Bonchev–Trinajstić information content (AvgIpc) is 2.41. The molecule has 0 spiro atoms. The summed E-state index contributed by atoms with van der Waals surface area (Å²) in [5.74, 6) is 0.324. The van der Waals surface area contributed by atoms with Gasteiger partial charge in [0.15, 0.2) is 9.84 Å². The number of rotatable bonds is 3. The molecule has 0 aliphatic heterocycles. The Morgan fingerprint density at radius 2 is 1.57 bits per heavy atom. The van der Waals surface area contributed by atoms with Crippen molar-refractivity contribution in [3.8, 4) is 5.75 Å². The summed E-state index contributed by atoms with van der Waals surface area (Å²) in [6.07, 6.45) is 1.78. The largest absolute Gasteiger partial charge is 0.507 e. The highest BCUT2D eigenvalue weighted by Gasteiger charge is 2.12. The molecule has 21 heavy (non-hydrogen) atoms. The third-order valence-corrected chi connectivity index (χ3v) is 5.00. The fraction of sp³-hybridized carbons (Fsp3) is 0.294. The zero-order chi connectivity index (χ0) is 15.8. The van der Waals surface area contributed by atoms with Crippen LogP contribution in [0.2, 0.25) is 0 Å².